The number of nitrogens with two attached hydrogens (primary N) is 1. The topological polar surface area (TPSA) is 46.2 Å². The Morgan fingerprint density at radius 3 is 2.05 bits per heavy atom. The van der Waals surface area contributed by atoms with E-state index in [0.717, 1.165) is 18.4 Å². The highest BCUT2D eigenvalue weighted by Gasteiger charge is 2.19. The standard InChI is InChI=1S/C17H21NO/c18-13-16(15-9-5-2-6-10-15)17(19)12-11-14-7-3-1-4-8-14/h1-10,16-17,19H,11-13,18H2. The fraction of sp³-hybridized carbons (Fsp3) is 0.294. The lowest BCUT2D eigenvalue weighted by Crippen LogP contribution is -2.26. The quantitative estimate of drug-likeness (QED) is 0.833. The maximum Gasteiger partial charge on any atom is 0.0624 e. The van der Waals surface area contributed by atoms with Gasteiger partial charge in [-0.2, -0.15) is 0 Å². The summed E-state index contributed by atoms with van der Waals surface area (Å²) >= 11 is 0. The molecule has 0 heterocycles. The molecule has 0 aliphatic carbocycles. The average Bonchev–Trinajstić information content (AvgIpc) is 2.48. The van der Waals surface area contributed by atoms with Gasteiger partial charge in [-0.05, 0) is 24.0 Å². The summed E-state index contributed by atoms with van der Waals surface area (Å²) in [6, 6.07) is 20.3. The second-order valence-electron chi connectivity index (χ2n) is 4.84. The smallest absolute Gasteiger partial charge is 0.0624 e. The van der Waals surface area contributed by atoms with Gasteiger partial charge >= 0.3 is 0 Å². The van der Waals surface area contributed by atoms with Crippen LogP contribution >= 0.6 is 0 Å². The van der Waals surface area contributed by atoms with Crippen LogP contribution in [-0.2, 0) is 6.42 Å². The zero-order valence-corrected chi connectivity index (χ0v) is 11.1. The van der Waals surface area contributed by atoms with Gasteiger partial charge in [-0.1, -0.05) is 60.7 Å². The van der Waals surface area contributed by atoms with Gasteiger partial charge in [0.2, 0.25) is 0 Å². The van der Waals surface area contributed by atoms with Crippen LogP contribution in [0, 0.1) is 0 Å². The van der Waals surface area contributed by atoms with E-state index >= 15 is 0 Å². The Bertz CT molecular complexity index is 469. The van der Waals surface area contributed by atoms with Crippen LogP contribution in [0.25, 0.3) is 0 Å². The van der Waals surface area contributed by atoms with E-state index in [1.807, 2.05) is 48.5 Å². The van der Waals surface area contributed by atoms with Gasteiger partial charge in [0.25, 0.3) is 0 Å². The first kappa shape index (κ1) is 13.8. The highest BCUT2D eigenvalue weighted by Crippen LogP contribution is 2.21. The van der Waals surface area contributed by atoms with Gasteiger partial charge in [0.15, 0.2) is 0 Å². The number of benzene rings is 2. The third-order valence-electron chi connectivity index (χ3n) is 3.52. The Morgan fingerprint density at radius 1 is 0.895 bits per heavy atom. The van der Waals surface area contributed by atoms with Crippen LogP contribution in [0.15, 0.2) is 60.7 Å². The lowest BCUT2D eigenvalue weighted by molar-refractivity contribution is 0.136. The highest BCUT2D eigenvalue weighted by atomic mass is 16.3. The minimum Gasteiger partial charge on any atom is -0.392 e. The summed E-state index contributed by atoms with van der Waals surface area (Å²) in [5.74, 6) is 0.0184. The number of aliphatic hydroxyl groups excluding tert-OH is 1. The second kappa shape index (κ2) is 7.07. The molecule has 2 aromatic rings. The van der Waals surface area contributed by atoms with E-state index in [1.54, 1.807) is 0 Å². The molecule has 2 aromatic carbocycles. The number of aliphatic hydroxyl groups is 1. The fourth-order valence-corrected chi connectivity index (χ4v) is 2.38. The maximum atomic E-state index is 10.3. The minimum atomic E-state index is -0.396. The van der Waals surface area contributed by atoms with E-state index in [2.05, 4.69) is 12.1 Å². The zero-order chi connectivity index (χ0) is 13.5. The molecule has 0 amide bonds. The van der Waals surface area contributed by atoms with Crippen molar-refractivity contribution in [2.75, 3.05) is 6.54 Å². The zero-order valence-electron chi connectivity index (χ0n) is 11.1. The Labute approximate surface area is 114 Å². The summed E-state index contributed by atoms with van der Waals surface area (Å²) in [7, 11) is 0. The van der Waals surface area contributed by atoms with E-state index in [9.17, 15) is 5.11 Å². The van der Waals surface area contributed by atoms with Crippen molar-refractivity contribution in [3.8, 4) is 0 Å². The fourth-order valence-electron chi connectivity index (χ4n) is 2.38. The first-order valence-corrected chi connectivity index (χ1v) is 6.78. The van der Waals surface area contributed by atoms with Gasteiger partial charge in [-0.15, -0.1) is 0 Å². The Kier molecular flexibility index (Phi) is 5.13. The van der Waals surface area contributed by atoms with E-state index in [1.165, 1.54) is 5.56 Å². The SMILES string of the molecule is NCC(c1ccccc1)C(O)CCc1ccccc1. The molecule has 2 heteroatoms. The molecule has 0 aliphatic heterocycles. The lowest BCUT2D eigenvalue weighted by Gasteiger charge is -2.22. The molecule has 2 rings (SSSR count). The summed E-state index contributed by atoms with van der Waals surface area (Å²) < 4.78 is 0. The molecule has 19 heavy (non-hydrogen) atoms. The van der Waals surface area contributed by atoms with Crippen LogP contribution in [-0.4, -0.2) is 17.8 Å². The van der Waals surface area contributed by atoms with Crippen molar-refractivity contribution >= 4 is 0 Å². The first-order chi connectivity index (χ1) is 9.31. The number of rotatable bonds is 6. The van der Waals surface area contributed by atoms with Gasteiger partial charge in [0.05, 0.1) is 6.10 Å². The molecule has 0 bridgehead atoms. The Hall–Kier alpha value is -1.64. The van der Waals surface area contributed by atoms with Crippen LogP contribution in [0.1, 0.15) is 23.5 Å². The van der Waals surface area contributed by atoms with Crippen molar-refractivity contribution < 1.29 is 5.11 Å². The molecule has 0 spiro atoms. The molecule has 2 nitrogen and oxygen atoms in total. The minimum absolute atomic E-state index is 0.0184. The van der Waals surface area contributed by atoms with Crippen molar-refractivity contribution in [2.45, 2.75) is 24.9 Å². The van der Waals surface area contributed by atoms with Gasteiger partial charge in [0, 0.05) is 12.5 Å². The summed E-state index contributed by atoms with van der Waals surface area (Å²) in [5.41, 5.74) is 8.19. The summed E-state index contributed by atoms with van der Waals surface area (Å²) in [6.07, 6.45) is 1.22. The van der Waals surface area contributed by atoms with Gasteiger partial charge in [-0.25, -0.2) is 0 Å². The molecule has 0 aliphatic rings. The largest absolute Gasteiger partial charge is 0.392 e. The van der Waals surface area contributed by atoms with Crippen LogP contribution in [0.4, 0.5) is 0 Å². The van der Waals surface area contributed by atoms with E-state index in [4.69, 9.17) is 5.73 Å². The molecule has 0 saturated heterocycles. The van der Waals surface area contributed by atoms with Crippen molar-refractivity contribution in [2.24, 2.45) is 5.73 Å². The molecule has 0 radical (unpaired) electrons. The van der Waals surface area contributed by atoms with Crippen LogP contribution < -0.4 is 5.73 Å². The predicted molar refractivity (Wildman–Crippen MR) is 79.0 cm³/mol. The molecule has 3 N–H and O–H groups in total. The van der Waals surface area contributed by atoms with E-state index < -0.39 is 6.10 Å². The van der Waals surface area contributed by atoms with Crippen molar-refractivity contribution in [3.63, 3.8) is 0 Å². The Balaban J connectivity index is 1.96. The first-order valence-electron chi connectivity index (χ1n) is 6.78. The number of aryl methyl sites for hydroxylation is 1. The molecule has 0 saturated carbocycles. The maximum absolute atomic E-state index is 10.3. The molecule has 2 atom stereocenters. The second-order valence-corrected chi connectivity index (χ2v) is 4.84. The highest BCUT2D eigenvalue weighted by molar-refractivity contribution is 5.21. The van der Waals surface area contributed by atoms with Crippen molar-refractivity contribution in [1.82, 2.24) is 0 Å². The molecule has 2 unspecified atom stereocenters. The van der Waals surface area contributed by atoms with Gasteiger partial charge < -0.3 is 10.8 Å². The van der Waals surface area contributed by atoms with E-state index in [-0.39, 0.29) is 5.92 Å². The van der Waals surface area contributed by atoms with E-state index in [0.29, 0.717) is 6.54 Å². The number of hydrogen-bond donors (Lipinski definition) is 2. The van der Waals surface area contributed by atoms with Crippen LogP contribution in [0.2, 0.25) is 0 Å². The van der Waals surface area contributed by atoms with Crippen LogP contribution in [0.5, 0.6) is 0 Å². The third-order valence-corrected chi connectivity index (χ3v) is 3.52. The molecule has 0 fully saturated rings. The van der Waals surface area contributed by atoms with Crippen LogP contribution in [0.3, 0.4) is 0 Å². The summed E-state index contributed by atoms with van der Waals surface area (Å²) in [6.45, 7) is 0.472. The number of hydrogen-bond acceptors (Lipinski definition) is 2. The third kappa shape index (κ3) is 3.91. The summed E-state index contributed by atoms with van der Waals surface area (Å²) in [4.78, 5) is 0. The molecule has 100 valence electrons. The lowest BCUT2D eigenvalue weighted by atomic mass is 9.90. The molecular formula is C17H21NO. The average molecular weight is 255 g/mol. The Morgan fingerprint density at radius 2 is 1.47 bits per heavy atom. The monoisotopic (exact) mass is 255 g/mol. The van der Waals surface area contributed by atoms with Gasteiger partial charge in [0.1, 0.15) is 0 Å². The molecular weight excluding hydrogens is 234 g/mol. The summed E-state index contributed by atoms with van der Waals surface area (Å²) in [5, 5.41) is 10.3. The van der Waals surface area contributed by atoms with Crippen molar-refractivity contribution in [1.29, 1.82) is 0 Å². The predicted octanol–water partition coefficient (Wildman–Crippen LogP) is 2.72. The molecule has 0 aromatic heterocycles. The normalized spacial score (nSPS) is 14.0. The van der Waals surface area contributed by atoms with Crippen molar-refractivity contribution in [3.05, 3.63) is 71.8 Å². The van der Waals surface area contributed by atoms with Gasteiger partial charge in [-0.3, -0.25) is 0 Å².